The fourth-order valence-electron chi connectivity index (χ4n) is 0.835. The van der Waals surface area contributed by atoms with Crippen molar-refractivity contribution in [1.82, 2.24) is 0 Å². The van der Waals surface area contributed by atoms with Crippen LogP contribution in [0.5, 0.6) is 0 Å². The summed E-state index contributed by atoms with van der Waals surface area (Å²) in [5.74, 6) is -0.838. The van der Waals surface area contributed by atoms with Gasteiger partial charge in [-0.3, -0.25) is 9.59 Å². The largest absolute Gasteiger partial charge is 0.466 e. The average Bonchev–Trinajstić information content (AvgIpc) is 2.09. The van der Waals surface area contributed by atoms with Crippen molar-refractivity contribution >= 4 is 11.9 Å². The highest BCUT2D eigenvalue weighted by atomic mass is 16.5. The number of nitriles is 1. The Hall–Kier alpha value is -1.57. The van der Waals surface area contributed by atoms with Crippen LogP contribution in [-0.4, -0.2) is 24.6 Å². The Kier molecular flexibility index (Phi) is 6.12. The van der Waals surface area contributed by atoms with Crippen molar-refractivity contribution in [2.45, 2.75) is 32.8 Å². The fraction of sp³-hybridized carbons (Fsp3) is 0.667. The molecule has 0 saturated carbocycles. The van der Waals surface area contributed by atoms with Gasteiger partial charge in [-0.1, -0.05) is 0 Å². The molecule has 0 rings (SSSR count). The lowest BCUT2D eigenvalue weighted by Gasteiger charge is -2.08. The van der Waals surface area contributed by atoms with E-state index >= 15 is 0 Å². The van der Waals surface area contributed by atoms with E-state index in [0.717, 1.165) is 0 Å². The summed E-state index contributed by atoms with van der Waals surface area (Å²) in [7, 11) is 0. The molecule has 0 aliphatic rings. The van der Waals surface area contributed by atoms with Crippen LogP contribution in [0.3, 0.4) is 0 Å². The number of nitrogens with zero attached hydrogens (tertiary/aromatic N) is 1. The summed E-state index contributed by atoms with van der Waals surface area (Å²) in [6.45, 7) is 2.80. The van der Waals surface area contributed by atoms with Gasteiger partial charge >= 0.3 is 11.9 Å². The van der Waals surface area contributed by atoms with Crippen LogP contribution in [0, 0.1) is 11.3 Å². The first-order valence-corrected chi connectivity index (χ1v) is 4.26. The highest BCUT2D eigenvalue weighted by molar-refractivity contribution is 5.66. The van der Waals surface area contributed by atoms with E-state index in [0.29, 0.717) is 12.8 Å². The molecule has 0 unspecified atom stereocenters. The van der Waals surface area contributed by atoms with Crippen LogP contribution >= 0.6 is 0 Å². The van der Waals surface area contributed by atoms with Gasteiger partial charge < -0.3 is 9.47 Å². The maximum atomic E-state index is 10.5. The molecule has 0 spiro atoms. The second-order valence-electron chi connectivity index (χ2n) is 2.71. The molecule has 0 aromatic heterocycles. The van der Waals surface area contributed by atoms with Gasteiger partial charge in [0, 0.05) is 20.3 Å². The van der Waals surface area contributed by atoms with Crippen molar-refractivity contribution in [3.05, 3.63) is 0 Å². The van der Waals surface area contributed by atoms with Gasteiger partial charge in [-0.25, -0.2) is 0 Å². The van der Waals surface area contributed by atoms with Gasteiger partial charge in [0.25, 0.3) is 0 Å². The molecule has 5 nitrogen and oxygen atoms in total. The minimum Gasteiger partial charge on any atom is -0.466 e. The van der Waals surface area contributed by atoms with Crippen molar-refractivity contribution in [1.29, 1.82) is 5.26 Å². The third kappa shape index (κ3) is 7.10. The Morgan fingerprint density at radius 2 is 2.00 bits per heavy atom. The summed E-state index contributed by atoms with van der Waals surface area (Å²) in [6.07, 6.45) is 0.136. The molecule has 0 saturated heterocycles. The molecule has 0 aromatic carbocycles. The zero-order chi connectivity index (χ0) is 11.0. The first-order chi connectivity index (χ1) is 6.56. The van der Waals surface area contributed by atoms with Gasteiger partial charge in [0.2, 0.25) is 0 Å². The van der Waals surface area contributed by atoms with Crippen molar-refractivity contribution in [2.75, 3.05) is 6.61 Å². The van der Waals surface area contributed by atoms with E-state index in [9.17, 15) is 9.59 Å². The SMILES string of the molecule is CC(=O)OCCC[C@@H](C#N)OC(C)=O. The minimum atomic E-state index is -0.747. The quantitative estimate of drug-likeness (QED) is 0.483. The van der Waals surface area contributed by atoms with E-state index in [-0.39, 0.29) is 12.6 Å². The number of ether oxygens (including phenoxy) is 2. The third-order valence-electron chi connectivity index (χ3n) is 1.37. The molecular weight excluding hydrogens is 186 g/mol. The second-order valence-corrected chi connectivity index (χ2v) is 2.71. The van der Waals surface area contributed by atoms with Crippen LogP contribution in [0.25, 0.3) is 0 Å². The normalized spacial score (nSPS) is 11.2. The Morgan fingerprint density at radius 3 is 2.43 bits per heavy atom. The van der Waals surface area contributed by atoms with Gasteiger partial charge in [-0.15, -0.1) is 0 Å². The van der Waals surface area contributed by atoms with E-state index in [1.54, 1.807) is 0 Å². The van der Waals surface area contributed by atoms with E-state index < -0.39 is 12.1 Å². The zero-order valence-electron chi connectivity index (χ0n) is 8.28. The summed E-state index contributed by atoms with van der Waals surface area (Å²) in [6, 6.07) is 1.84. The highest BCUT2D eigenvalue weighted by Crippen LogP contribution is 2.02. The minimum absolute atomic E-state index is 0.245. The first kappa shape index (κ1) is 12.4. The Balaban J connectivity index is 3.59. The van der Waals surface area contributed by atoms with Gasteiger partial charge in [0.1, 0.15) is 6.07 Å². The summed E-state index contributed by atoms with van der Waals surface area (Å²) in [5.41, 5.74) is 0. The molecule has 14 heavy (non-hydrogen) atoms. The van der Waals surface area contributed by atoms with Crippen molar-refractivity contribution < 1.29 is 19.1 Å². The van der Waals surface area contributed by atoms with Crippen LogP contribution in [0.1, 0.15) is 26.7 Å². The molecule has 0 N–H and O–H groups in total. The molecular formula is C9H13NO4. The predicted molar refractivity (Wildman–Crippen MR) is 47.0 cm³/mol. The van der Waals surface area contributed by atoms with Crippen molar-refractivity contribution in [2.24, 2.45) is 0 Å². The number of rotatable bonds is 5. The Labute approximate surface area is 82.6 Å². The first-order valence-electron chi connectivity index (χ1n) is 4.26. The lowest BCUT2D eigenvalue weighted by molar-refractivity contribution is -0.145. The van der Waals surface area contributed by atoms with Gasteiger partial charge in [-0.2, -0.15) is 5.26 Å². The van der Waals surface area contributed by atoms with Gasteiger partial charge in [0.05, 0.1) is 6.61 Å². The lowest BCUT2D eigenvalue weighted by atomic mass is 10.2. The summed E-state index contributed by atoms with van der Waals surface area (Å²) in [4.78, 5) is 20.9. The average molecular weight is 199 g/mol. The van der Waals surface area contributed by atoms with Crippen molar-refractivity contribution in [3.8, 4) is 6.07 Å². The molecule has 5 heteroatoms. The smallest absolute Gasteiger partial charge is 0.303 e. The van der Waals surface area contributed by atoms with E-state index in [1.165, 1.54) is 13.8 Å². The van der Waals surface area contributed by atoms with Crippen molar-refractivity contribution in [3.63, 3.8) is 0 Å². The molecule has 0 aromatic rings. The van der Waals surface area contributed by atoms with Crippen LogP contribution in [0.4, 0.5) is 0 Å². The predicted octanol–water partition coefficient (Wildman–Crippen LogP) is 0.785. The highest BCUT2D eigenvalue weighted by Gasteiger charge is 2.09. The summed E-state index contributed by atoms with van der Waals surface area (Å²) in [5, 5.41) is 8.55. The van der Waals surface area contributed by atoms with Gasteiger partial charge in [0.15, 0.2) is 6.10 Å². The second kappa shape index (κ2) is 6.89. The van der Waals surface area contributed by atoms with E-state index in [1.807, 2.05) is 6.07 Å². The zero-order valence-corrected chi connectivity index (χ0v) is 8.28. The monoisotopic (exact) mass is 199 g/mol. The Bertz CT molecular complexity index is 244. The fourth-order valence-corrected chi connectivity index (χ4v) is 0.835. The van der Waals surface area contributed by atoms with E-state index in [2.05, 4.69) is 9.47 Å². The third-order valence-corrected chi connectivity index (χ3v) is 1.37. The molecule has 0 amide bonds. The number of esters is 2. The summed E-state index contributed by atoms with van der Waals surface area (Å²) < 4.78 is 9.32. The molecule has 0 radical (unpaired) electrons. The van der Waals surface area contributed by atoms with Crippen LogP contribution in [0.2, 0.25) is 0 Å². The standard InChI is InChI=1S/C9H13NO4/c1-7(11)13-5-3-4-9(6-10)14-8(2)12/h9H,3-5H2,1-2H3/t9-/m0/s1. The molecule has 78 valence electrons. The number of carbonyl (C=O) groups is 2. The van der Waals surface area contributed by atoms with Crippen LogP contribution in [-0.2, 0) is 19.1 Å². The maximum Gasteiger partial charge on any atom is 0.303 e. The van der Waals surface area contributed by atoms with Gasteiger partial charge in [-0.05, 0) is 6.42 Å². The molecule has 0 heterocycles. The van der Waals surface area contributed by atoms with Crippen LogP contribution in [0.15, 0.2) is 0 Å². The molecule has 0 aliphatic heterocycles. The molecule has 0 aliphatic carbocycles. The molecule has 1 atom stereocenters. The van der Waals surface area contributed by atoms with E-state index in [4.69, 9.17) is 5.26 Å². The molecule has 0 bridgehead atoms. The maximum absolute atomic E-state index is 10.5. The topological polar surface area (TPSA) is 76.4 Å². The number of hydrogen-bond donors (Lipinski definition) is 0. The Morgan fingerprint density at radius 1 is 1.36 bits per heavy atom. The number of carbonyl (C=O) groups excluding carboxylic acids is 2. The van der Waals surface area contributed by atoms with Crippen LogP contribution < -0.4 is 0 Å². The summed E-state index contributed by atoms with van der Waals surface area (Å²) >= 11 is 0. The molecule has 0 fully saturated rings. The lowest BCUT2D eigenvalue weighted by Crippen LogP contribution is -2.15. The number of hydrogen-bond acceptors (Lipinski definition) is 5.